The second-order valence-corrected chi connectivity index (χ2v) is 7.79. The van der Waals surface area contributed by atoms with Gasteiger partial charge in [-0.3, -0.25) is 4.79 Å². The second kappa shape index (κ2) is 7.87. The van der Waals surface area contributed by atoms with Crippen LogP contribution in [0.4, 0.5) is 5.82 Å². The molecule has 1 aliphatic heterocycles. The Morgan fingerprint density at radius 3 is 2.68 bits per heavy atom. The molecular formula is C18H15N5O3S2. The van der Waals surface area contributed by atoms with Crippen LogP contribution in [0.15, 0.2) is 52.5 Å². The minimum absolute atomic E-state index is 0.0458. The van der Waals surface area contributed by atoms with Crippen LogP contribution in [-0.2, 0) is 9.53 Å². The number of hydrogen-bond acceptors (Lipinski definition) is 9. The van der Waals surface area contributed by atoms with Gasteiger partial charge in [-0.2, -0.15) is 5.10 Å². The van der Waals surface area contributed by atoms with E-state index in [4.69, 9.17) is 10.5 Å². The van der Waals surface area contributed by atoms with E-state index in [1.807, 2.05) is 35.0 Å². The molecule has 142 valence electrons. The number of rotatable bonds is 5. The third-order valence-electron chi connectivity index (χ3n) is 4.09. The van der Waals surface area contributed by atoms with Crippen LogP contribution in [0.3, 0.4) is 0 Å². The minimum Gasteiger partial charge on any atom is -0.451 e. The predicted molar refractivity (Wildman–Crippen MR) is 106 cm³/mol. The highest BCUT2D eigenvalue weighted by Gasteiger charge is 2.34. The number of aromatic nitrogens is 2. The maximum atomic E-state index is 12.8. The number of amides is 1. The summed E-state index contributed by atoms with van der Waals surface area (Å²) >= 11 is 3.13. The van der Waals surface area contributed by atoms with Gasteiger partial charge in [0.15, 0.2) is 18.1 Å². The number of ether oxygens (including phenoxy) is 1. The van der Waals surface area contributed by atoms with Crippen molar-refractivity contribution in [1.29, 1.82) is 0 Å². The molecule has 2 N–H and O–H groups in total. The lowest BCUT2D eigenvalue weighted by molar-refractivity contribution is -0.136. The first-order valence-electron chi connectivity index (χ1n) is 8.34. The van der Waals surface area contributed by atoms with E-state index in [1.165, 1.54) is 17.4 Å². The van der Waals surface area contributed by atoms with Gasteiger partial charge in [0.05, 0.1) is 16.6 Å². The average Bonchev–Trinajstić information content (AvgIpc) is 3.46. The quantitative estimate of drug-likeness (QED) is 0.644. The van der Waals surface area contributed by atoms with Gasteiger partial charge in [0.1, 0.15) is 0 Å². The first-order chi connectivity index (χ1) is 13.6. The van der Waals surface area contributed by atoms with Crippen LogP contribution >= 0.6 is 22.7 Å². The van der Waals surface area contributed by atoms with Gasteiger partial charge in [0, 0.05) is 23.7 Å². The van der Waals surface area contributed by atoms with Crippen molar-refractivity contribution in [2.24, 2.45) is 5.10 Å². The highest BCUT2D eigenvalue weighted by Crippen LogP contribution is 2.35. The smallest absolute Gasteiger partial charge is 0.361 e. The Morgan fingerprint density at radius 2 is 1.96 bits per heavy atom. The summed E-state index contributed by atoms with van der Waals surface area (Å²) in [4.78, 5) is 34.6. The number of anilines is 1. The summed E-state index contributed by atoms with van der Waals surface area (Å²) < 4.78 is 5.10. The molecule has 0 saturated heterocycles. The van der Waals surface area contributed by atoms with Crippen LogP contribution in [0.5, 0.6) is 0 Å². The summed E-state index contributed by atoms with van der Waals surface area (Å²) in [6.45, 7) is -0.460. The topological polar surface area (TPSA) is 111 Å². The molecule has 0 saturated carbocycles. The van der Waals surface area contributed by atoms with E-state index >= 15 is 0 Å². The first-order valence-corrected chi connectivity index (χ1v) is 10.1. The van der Waals surface area contributed by atoms with Crippen molar-refractivity contribution < 1.29 is 14.3 Å². The molecule has 0 radical (unpaired) electrons. The highest BCUT2D eigenvalue weighted by atomic mass is 32.1. The van der Waals surface area contributed by atoms with Crippen molar-refractivity contribution >= 4 is 46.1 Å². The number of carbonyl (C=O) groups is 2. The molecule has 4 rings (SSSR count). The van der Waals surface area contributed by atoms with E-state index in [-0.39, 0.29) is 17.6 Å². The molecule has 8 nitrogen and oxygen atoms in total. The minimum atomic E-state index is -0.798. The predicted octanol–water partition coefficient (Wildman–Crippen LogP) is 2.72. The van der Waals surface area contributed by atoms with E-state index in [0.717, 1.165) is 15.5 Å². The summed E-state index contributed by atoms with van der Waals surface area (Å²) in [7, 11) is 0. The van der Waals surface area contributed by atoms with Crippen molar-refractivity contribution in [2.45, 2.75) is 12.5 Å². The molecule has 0 aromatic carbocycles. The van der Waals surface area contributed by atoms with Crippen LogP contribution in [0.1, 0.15) is 32.7 Å². The fraction of sp³-hybridized carbons (Fsp3) is 0.167. The molecule has 1 aliphatic rings. The van der Waals surface area contributed by atoms with Crippen LogP contribution in [0, 0.1) is 0 Å². The van der Waals surface area contributed by atoms with Crippen molar-refractivity contribution in [2.75, 3.05) is 12.3 Å². The number of nitrogens with zero attached hydrogens (tertiary/aromatic N) is 4. The average molecular weight is 413 g/mol. The number of thiophene rings is 2. The maximum absolute atomic E-state index is 12.8. The Morgan fingerprint density at radius 1 is 1.18 bits per heavy atom. The molecule has 3 aromatic heterocycles. The molecule has 0 unspecified atom stereocenters. The van der Waals surface area contributed by atoms with Crippen LogP contribution in [0.2, 0.25) is 0 Å². The van der Waals surface area contributed by atoms with Gasteiger partial charge in [-0.15, -0.1) is 22.7 Å². The number of carbonyl (C=O) groups excluding carboxylic acids is 2. The monoisotopic (exact) mass is 413 g/mol. The number of esters is 1. The Kier molecular flexibility index (Phi) is 5.13. The third-order valence-corrected chi connectivity index (χ3v) is 5.98. The second-order valence-electron chi connectivity index (χ2n) is 5.86. The normalized spacial score (nSPS) is 16.1. The Hall–Kier alpha value is -3.11. The largest absolute Gasteiger partial charge is 0.451 e. The maximum Gasteiger partial charge on any atom is 0.361 e. The molecule has 0 aliphatic carbocycles. The van der Waals surface area contributed by atoms with Gasteiger partial charge in [0.25, 0.3) is 5.91 Å². The third kappa shape index (κ3) is 3.64. The van der Waals surface area contributed by atoms with Crippen molar-refractivity contribution in [1.82, 2.24) is 15.0 Å². The van der Waals surface area contributed by atoms with E-state index in [9.17, 15) is 9.59 Å². The van der Waals surface area contributed by atoms with Crippen LogP contribution < -0.4 is 5.73 Å². The van der Waals surface area contributed by atoms with Gasteiger partial charge in [-0.1, -0.05) is 12.1 Å². The summed E-state index contributed by atoms with van der Waals surface area (Å²) in [6.07, 6.45) is 3.31. The Bertz CT molecular complexity index is 1020. The van der Waals surface area contributed by atoms with Crippen molar-refractivity contribution in [3.63, 3.8) is 0 Å². The first kappa shape index (κ1) is 18.3. The molecule has 0 bridgehead atoms. The molecule has 1 amide bonds. The summed E-state index contributed by atoms with van der Waals surface area (Å²) in [5, 5.41) is 9.83. The zero-order valence-corrected chi connectivity index (χ0v) is 16.2. The fourth-order valence-electron chi connectivity index (χ4n) is 2.80. The van der Waals surface area contributed by atoms with E-state index in [2.05, 4.69) is 15.1 Å². The molecule has 0 spiro atoms. The van der Waals surface area contributed by atoms with Gasteiger partial charge in [-0.05, 0) is 22.9 Å². The van der Waals surface area contributed by atoms with Gasteiger partial charge in [-0.25, -0.2) is 19.8 Å². The number of hydrazone groups is 1. The molecule has 3 aromatic rings. The van der Waals surface area contributed by atoms with Crippen molar-refractivity contribution in [3.05, 3.63) is 62.9 Å². The zero-order chi connectivity index (χ0) is 19.5. The molecule has 4 heterocycles. The lowest BCUT2D eigenvalue weighted by Crippen LogP contribution is -2.31. The molecule has 1 atom stereocenters. The lowest BCUT2D eigenvalue weighted by Gasteiger charge is -2.20. The van der Waals surface area contributed by atoms with E-state index in [1.54, 1.807) is 22.7 Å². The zero-order valence-electron chi connectivity index (χ0n) is 14.5. The SMILES string of the molecule is Nc1nccnc1C(=O)OCC(=O)N1N=C(c2cccs2)C[C@H]1c1cccs1. The summed E-state index contributed by atoms with van der Waals surface area (Å²) in [5.74, 6) is -1.26. The highest BCUT2D eigenvalue weighted by molar-refractivity contribution is 7.12. The Labute approximate surface area is 168 Å². The Balaban J connectivity index is 1.50. The van der Waals surface area contributed by atoms with E-state index < -0.39 is 18.5 Å². The van der Waals surface area contributed by atoms with Gasteiger partial charge < -0.3 is 10.5 Å². The van der Waals surface area contributed by atoms with E-state index in [0.29, 0.717) is 6.42 Å². The van der Waals surface area contributed by atoms with Gasteiger partial charge >= 0.3 is 5.97 Å². The number of hydrogen-bond donors (Lipinski definition) is 1. The fourth-order valence-corrected chi connectivity index (χ4v) is 4.33. The summed E-state index contributed by atoms with van der Waals surface area (Å²) in [5.41, 5.74) is 6.34. The molecule has 0 fully saturated rings. The lowest BCUT2D eigenvalue weighted by atomic mass is 10.1. The molecule has 10 heteroatoms. The molecular weight excluding hydrogens is 398 g/mol. The standard InChI is InChI=1S/C18H15N5O3S2/c19-17-16(20-5-6-21-17)18(25)26-10-15(24)23-12(14-4-2-8-28-14)9-11(22-23)13-3-1-7-27-13/h1-8,12H,9-10H2,(H2,19,21)/t12-/m0/s1. The summed E-state index contributed by atoms with van der Waals surface area (Å²) in [6, 6.07) is 7.60. The number of nitrogens with two attached hydrogens (primary N) is 1. The number of nitrogen functional groups attached to an aromatic ring is 1. The van der Waals surface area contributed by atoms with Gasteiger partial charge in [0.2, 0.25) is 0 Å². The molecule has 28 heavy (non-hydrogen) atoms. The van der Waals surface area contributed by atoms with Crippen molar-refractivity contribution in [3.8, 4) is 0 Å². The van der Waals surface area contributed by atoms with Crippen LogP contribution in [0.25, 0.3) is 0 Å². The van der Waals surface area contributed by atoms with Crippen LogP contribution in [-0.4, -0.2) is 39.2 Å².